The Morgan fingerprint density at radius 2 is 2.10 bits per heavy atom. The molecule has 1 heterocycles. The maximum absolute atomic E-state index is 12.2. The smallest absolute Gasteiger partial charge is 0.261 e. The lowest BCUT2D eigenvalue weighted by molar-refractivity contribution is -0.121. The summed E-state index contributed by atoms with van der Waals surface area (Å²) in [5, 5.41) is 3.35. The number of nitrogens with one attached hydrogen (secondary N) is 1. The molecule has 5 heteroatoms. The first kappa shape index (κ1) is 14.2. The summed E-state index contributed by atoms with van der Waals surface area (Å²) in [5.74, 6) is -0.153. The van der Waals surface area contributed by atoms with E-state index in [2.05, 4.69) is 17.2 Å². The molecule has 0 fully saturated rings. The summed E-state index contributed by atoms with van der Waals surface area (Å²) < 4.78 is 1.34. The maximum atomic E-state index is 12.2. The molecule has 0 saturated carbocycles. The zero-order valence-electron chi connectivity index (χ0n) is 11.6. The molecule has 0 aliphatic carbocycles. The molecule has 0 radical (unpaired) electrons. The Bertz CT molecular complexity index is 649. The second-order valence-corrected chi connectivity index (χ2v) is 4.75. The van der Waals surface area contributed by atoms with Crippen LogP contribution in [-0.2, 0) is 11.3 Å². The minimum Gasteiger partial charge on any atom is -0.355 e. The second-order valence-electron chi connectivity index (χ2n) is 4.75. The van der Waals surface area contributed by atoms with Crippen molar-refractivity contribution in [3.8, 4) is 0 Å². The number of hydrogen-bond donors (Lipinski definition) is 1. The molecule has 0 bridgehead atoms. The third kappa shape index (κ3) is 3.44. The molecule has 0 aliphatic rings. The lowest BCUT2D eigenvalue weighted by Crippen LogP contribution is -2.32. The van der Waals surface area contributed by atoms with Crippen molar-refractivity contribution in [3.63, 3.8) is 0 Å². The van der Waals surface area contributed by atoms with E-state index in [0.29, 0.717) is 17.4 Å². The summed E-state index contributed by atoms with van der Waals surface area (Å²) in [6, 6.07) is 7.13. The monoisotopic (exact) mass is 273 g/mol. The Hall–Kier alpha value is -2.17. The van der Waals surface area contributed by atoms with Gasteiger partial charge in [0.25, 0.3) is 5.56 Å². The minimum atomic E-state index is -0.181. The van der Waals surface area contributed by atoms with Crippen LogP contribution in [0.25, 0.3) is 10.9 Å². The molecule has 20 heavy (non-hydrogen) atoms. The third-order valence-corrected chi connectivity index (χ3v) is 3.15. The fourth-order valence-corrected chi connectivity index (χ4v) is 2.03. The minimum absolute atomic E-state index is 0.0167. The van der Waals surface area contributed by atoms with Crippen LogP contribution < -0.4 is 10.9 Å². The number of hydrogen-bond acceptors (Lipinski definition) is 3. The van der Waals surface area contributed by atoms with Crippen molar-refractivity contribution in [2.24, 2.45) is 0 Å². The standard InChI is InChI=1S/C15H19N3O2/c1-2-3-6-9-16-14(19)10-18-11-17-13-8-5-4-7-12(13)15(18)20/h4-5,7-8,11H,2-3,6,9-10H2,1H3,(H,16,19). The Balaban J connectivity index is 2.04. The fourth-order valence-electron chi connectivity index (χ4n) is 2.03. The topological polar surface area (TPSA) is 64.0 Å². The summed E-state index contributed by atoms with van der Waals surface area (Å²) in [6.07, 6.45) is 4.60. The van der Waals surface area contributed by atoms with Gasteiger partial charge in [0.05, 0.1) is 17.2 Å². The van der Waals surface area contributed by atoms with Crippen LogP contribution in [0.2, 0.25) is 0 Å². The lowest BCUT2D eigenvalue weighted by atomic mass is 10.2. The van der Waals surface area contributed by atoms with Crippen LogP contribution in [0.3, 0.4) is 0 Å². The number of nitrogens with zero attached hydrogens (tertiary/aromatic N) is 2. The van der Waals surface area contributed by atoms with E-state index >= 15 is 0 Å². The maximum Gasteiger partial charge on any atom is 0.261 e. The molecule has 0 atom stereocenters. The zero-order valence-corrected chi connectivity index (χ0v) is 11.6. The van der Waals surface area contributed by atoms with Gasteiger partial charge in [0.2, 0.25) is 5.91 Å². The molecule has 1 aromatic carbocycles. The molecule has 1 aromatic heterocycles. The van der Waals surface area contributed by atoms with Crippen molar-refractivity contribution in [2.45, 2.75) is 32.7 Å². The molecule has 106 valence electrons. The zero-order chi connectivity index (χ0) is 14.4. The number of aromatic nitrogens is 2. The molecule has 1 N–H and O–H groups in total. The number of para-hydroxylation sites is 1. The van der Waals surface area contributed by atoms with Crippen LogP contribution in [0, 0.1) is 0 Å². The first-order valence-corrected chi connectivity index (χ1v) is 6.93. The van der Waals surface area contributed by atoms with Crippen LogP contribution in [0.5, 0.6) is 0 Å². The van der Waals surface area contributed by atoms with Crippen molar-refractivity contribution in [2.75, 3.05) is 6.54 Å². The number of amides is 1. The fraction of sp³-hybridized carbons (Fsp3) is 0.400. The molecule has 2 aromatic rings. The highest BCUT2D eigenvalue weighted by Crippen LogP contribution is 2.04. The average molecular weight is 273 g/mol. The van der Waals surface area contributed by atoms with E-state index in [-0.39, 0.29) is 18.0 Å². The van der Waals surface area contributed by atoms with Gasteiger partial charge in [-0.05, 0) is 18.6 Å². The molecular weight excluding hydrogens is 254 g/mol. The Morgan fingerprint density at radius 1 is 1.30 bits per heavy atom. The summed E-state index contributed by atoms with van der Waals surface area (Å²) in [6.45, 7) is 2.79. The highest BCUT2D eigenvalue weighted by Gasteiger charge is 2.07. The molecule has 0 aliphatic heterocycles. The van der Waals surface area contributed by atoms with E-state index in [1.54, 1.807) is 18.2 Å². The van der Waals surface area contributed by atoms with Crippen LogP contribution >= 0.6 is 0 Å². The van der Waals surface area contributed by atoms with E-state index in [0.717, 1.165) is 19.3 Å². The Morgan fingerprint density at radius 3 is 2.90 bits per heavy atom. The predicted octanol–water partition coefficient (Wildman–Crippen LogP) is 1.70. The van der Waals surface area contributed by atoms with Gasteiger partial charge in [0, 0.05) is 6.54 Å². The van der Waals surface area contributed by atoms with E-state index < -0.39 is 0 Å². The highest BCUT2D eigenvalue weighted by atomic mass is 16.2. The van der Waals surface area contributed by atoms with Crippen molar-refractivity contribution >= 4 is 16.8 Å². The molecular formula is C15H19N3O2. The van der Waals surface area contributed by atoms with Crippen molar-refractivity contribution in [1.29, 1.82) is 0 Å². The van der Waals surface area contributed by atoms with Gasteiger partial charge in [-0.3, -0.25) is 14.2 Å². The molecule has 0 saturated heterocycles. The Labute approximate surface area is 117 Å². The first-order valence-electron chi connectivity index (χ1n) is 6.93. The summed E-state index contributed by atoms with van der Waals surface area (Å²) in [7, 11) is 0. The van der Waals surface area contributed by atoms with Crippen molar-refractivity contribution < 1.29 is 4.79 Å². The van der Waals surface area contributed by atoms with Gasteiger partial charge in [-0.2, -0.15) is 0 Å². The number of benzene rings is 1. The van der Waals surface area contributed by atoms with Gasteiger partial charge >= 0.3 is 0 Å². The summed E-state index contributed by atoms with van der Waals surface area (Å²) >= 11 is 0. The number of unbranched alkanes of at least 4 members (excludes halogenated alkanes) is 2. The number of carbonyl (C=O) groups excluding carboxylic acids is 1. The second kappa shape index (κ2) is 6.84. The van der Waals surface area contributed by atoms with Gasteiger partial charge in [-0.15, -0.1) is 0 Å². The van der Waals surface area contributed by atoms with E-state index in [9.17, 15) is 9.59 Å². The van der Waals surface area contributed by atoms with E-state index in [1.807, 2.05) is 6.07 Å². The van der Waals surface area contributed by atoms with Crippen LogP contribution in [0.1, 0.15) is 26.2 Å². The largest absolute Gasteiger partial charge is 0.355 e. The van der Waals surface area contributed by atoms with Gasteiger partial charge in [-0.25, -0.2) is 4.98 Å². The van der Waals surface area contributed by atoms with E-state index in [1.165, 1.54) is 10.9 Å². The van der Waals surface area contributed by atoms with Gasteiger partial charge in [0.15, 0.2) is 0 Å². The normalized spacial score (nSPS) is 10.7. The third-order valence-electron chi connectivity index (χ3n) is 3.15. The van der Waals surface area contributed by atoms with Gasteiger partial charge in [-0.1, -0.05) is 31.9 Å². The molecule has 0 spiro atoms. The average Bonchev–Trinajstić information content (AvgIpc) is 2.47. The number of fused-ring (bicyclic) bond motifs is 1. The quantitative estimate of drug-likeness (QED) is 0.815. The van der Waals surface area contributed by atoms with E-state index in [4.69, 9.17) is 0 Å². The highest BCUT2D eigenvalue weighted by molar-refractivity contribution is 5.78. The van der Waals surface area contributed by atoms with Crippen LogP contribution in [-0.4, -0.2) is 22.0 Å². The molecule has 0 unspecified atom stereocenters. The van der Waals surface area contributed by atoms with Crippen molar-refractivity contribution in [1.82, 2.24) is 14.9 Å². The van der Waals surface area contributed by atoms with Crippen LogP contribution in [0.4, 0.5) is 0 Å². The first-order chi connectivity index (χ1) is 9.72. The molecule has 2 rings (SSSR count). The SMILES string of the molecule is CCCCCNC(=O)Cn1cnc2ccccc2c1=O. The van der Waals surface area contributed by atoms with Gasteiger partial charge < -0.3 is 5.32 Å². The summed E-state index contributed by atoms with van der Waals surface area (Å²) in [5.41, 5.74) is 0.469. The molecule has 5 nitrogen and oxygen atoms in total. The Kier molecular flexibility index (Phi) is 4.87. The number of carbonyl (C=O) groups is 1. The molecule has 1 amide bonds. The van der Waals surface area contributed by atoms with Crippen LogP contribution in [0.15, 0.2) is 35.4 Å². The predicted molar refractivity (Wildman–Crippen MR) is 78.5 cm³/mol. The number of rotatable bonds is 6. The lowest BCUT2D eigenvalue weighted by Gasteiger charge is -2.07. The van der Waals surface area contributed by atoms with Gasteiger partial charge in [0.1, 0.15) is 6.54 Å². The van der Waals surface area contributed by atoms with Crippen molar-refractivity contribution in [3.05, 3.63) is 40.9 Å². The summed E-state index contributed by atoms with van der Waals surface area (Å²) in [4.78, 5) is 28.1.